The number of aromatic nitrogens is 4. The van der Waals surface area contributed by atoms with Gasteiger partial charge < -0.3 is 9.13 Å². The molecular formula is C28H22Br2EuN4+3. The first-order valence-corrected chi connectivity index (χ1v) is 13.0. The predicted octanol–water partition coefficient (Wildman–Crippen LogP) is 8.21. The van der Waals surface area contributed by atoms with Crippen molar-refractivity contribution in [3.63, 3.8) is 0 Å². The Morgan fingerprint density at radius 3 is 1.94 bits per heavy atom. The maximum Gasteiger partial charge on any atom is 3.00 e. The van der Waals surface area contributed by atoms with Crippen molar-refractivity contribution >= 4 is 64.7 Å². The molecule has 0 atom stereocenters. The summed E-state index contributed by atoms with van der Waals surface area (Å²) in [5.41, 5.74) is 5.64. The van der Waals surface area contributed by atoms with E-state index in [1.54, 1.807) is 0 Å². The summed E-state index contributed by atoms with van der Waals surface area (Å²) in [4.78, 5) is 9.46. The Bertz CT molecular complexity index is 1580. The van der Waals surface area contributed by atoms with Gasteiger partial charge in [0.05, 0.1) is 11.0 Å². The molecule has 35 heavy (non-hydrogen) atoms. The van der Waals surface area contributed by atoms with Crippen LogP contribution in [0.5, 0.6) is 0 Å². The standard InChI is InChI=1S/C28H22Br2N4.Eu/c29-19-10-12-25-21(17-19)22-18-20(30)11-13-26(22)33(25)15-5-6-16-34-27-9-2-1-7-23(27)32-28(34)24-8-3-4-14-31-24;/h1-4,7-14,17-18H,5-6,15-16H2;/q;+3. The summed E-state index contributed by atoms with van der Waals surface area (Å²) in [7, 11) is 0. The third-order valence-electron chi connectivity index (χ3n) is 6.35. The van der Waals surface area contributed by atoms with Gasteiger partial charge in [-0.15, -0.1) is 0 Å². The fourth-order valence-electron chi connectivity index (χ4n) is 4.82. The summed E-state index contributed by atoms with van der Waals surface area (Å²) < 4.78 is 6.98. The molecule has 0 unspecified atom stereocenters. The molecule has 3 aromatic carbocycles. The summed E-state index contributed by atoms with van der Waals surface area (Å²) in [6, 6.07) is 27.5. The Kier molecular flexibility index (Phi) is 7.90. The van der Waals surface area contributed by atoms with Gasteiger partial charge >= 0.3 is 49.4 Å². The smallest absolute Gasteiger partial charge is 0.340 e. The number of fused-ring (bicyclic) bond motifs is 4. The van der Waals surface area contributed by atoms with E-state index in [9.17, 15) is 0 Å². The minimum absolute atomic E-state index is 0. The number of hydrogen-bond acceptors (Lipinski definition) is 2. The topological polar surface area (TPSA) is 35.6 Å². The van der Waals surface area contributed by atoms with Crippen molar-refractivity contribution in [2.45, 2.75) is 25.9 Å². The van der Waals surface area contributed by atoms with Gasteiger partial charge in [-0.1, -0.05) is 50.1 Å². The zero-order valence-corrected chi connectivity index (χ0v) is 24.4. The zero-order chi connectivity index (χ0) is 23.1. The second kappa shape index (κ2) is 10.9. The number of unbranched alkanes of at least 4 members (excludes halogenated alkanes) is 1. The van der Waals surface area contributed by atoms with Crippen molar-refractivity contribution in [3.05, 3.63) is 94.0 Å². The molecule has 3 aromatic heterocycles. The van der Waals surface area contributed by atoms with Crippen molar-refractivity contribution in [3.8, 4) is 11.5 Å². The summed E-state index contributed by atoms with van der Waals surface area (Å²) in [5.74, 6) is 0.938. The number of nitrogens with zero attached hydrogens (tertiary/aromatic N) is 4. The Hall–Kier alpha value is -1.38. The first-order valence-electron chi connectivity index (χ1n) is 11.4. The molecule has 0 aliphatic rings. The average Bonchev–Trinajstić information content (AvgIpc) is 3.37. The second-order valence-corrected chi connectivity index (χ2v) is 10.3. The number of imidazole rings is 1. The van der Waals surface area contributed by atoms with Gasteiger partial charge in [-0.25, -0.2) is 4.98 Å². The molecule has 0 aliphatic carbocycles. The summed E-state index contributed by atoms with van der Waals surface area (Å²) in [6.45, 7) is 1.87. The molecule has 0 amide bonds. The maximum absolute atomic E-state index is 4.90. The van der Waals surface area contributed by atoms with Gasteiger partial charge in [0.25, 0.3) is 0 Å². The van der Waals surface area contributed by atoms with Crippen LogP contribution in [0.3, 0.4) is 0 Å². The number of halogens is 2. The molecule has 7 heteroatoms. The van der Waals surface area contributed by atoms with E-state index < -0.39 is 0 Å². The van der Waals surface area contributed by atoms with E-state index in [2.05, 4.69) is 101 Å². The van der Waals surface area contributed by atoms with Crippen LogP contribution in [0.2, 0.25) is 0 Å². The van der Waals surface area contributed by atoms with Crippen LogP contribution >= 0.6 is 31.9 Å². The van der Waals surface area contributed by atoms with Crippen LogP contribution in [0, 0.1) is 49.4 Å². The van der Waals surface area contributed by atoms with Crippen molar-refractivity contribution in [2.24, 2.45) is 0 Å². The molecule has 0 saturated heterocycles. The number of rotatable bonds is 6. The van der Waals surface area contributed by atoms with E-state index in [0.717, 1.165) is 57.4 Å². The van der Waals surface area contributed by atoms with Crippen molar-refractivity contribution in [1.29, 1.82) is 0 Å². The zero-order valence-electron chi connectivity index (χ0n) is 18.8. The van der Waals surface area contributed by atoms with Crippen LogP contribution in [-0.2, 0) is 13.1 Å². The fraction of sp³-hybridized carbons (Fsp3) is 0.143. The van der Waals surface area contributed by atoms with Gasteiger partial charge in [-0.3, -0.25) is 4.98 Å². The van der Waals surface area contributed by atoms with E-state index >= 15 is 0 Å². The Balaban J connectivity index is 0.00000253. The third kappa shape index (κ3) is 4.95. The molecule has 0 saturated carbocycles. The molecule has 0 radical (unpaired) electrons. The monoisotopic (exact) mass is 725 g/mol. The Morgan fingerprint density at radius 2 is 1.29 bits per heavy atom. The van der Waals surface area contributed by atoms with Crippen molar-refractivity contribution in [2.75, 3.05) is 0 Å². The number of para-hydroxylation sites is 2. The average molecular weight is 726 g/mol. The van der Waals surface area contributed by atoms with Gasteiger partial charge in [0.1, 0.15) is 5.69 Å². The normalized spacial score (nSPS) is 11.4. The van der Waals surface area contributed by atoms with Crippen molar-refractivity contribution in [1.82, 2.24) is 19.1 Å². The molecule has 0 bridgehead atoms. The quantitative estimate of drug-likeness (QED) is 0.162. The van der Waals surface area contributed by atoms with E-state index in [0.29, 0.717) is 0 Å². The van der Waals surface area contributed by atoms with Gasteiger partial charge in [-0.2, -0.15) is 0 Å². The van der Waals surface area contributed by atoms with Crippen LogP contribution < -0.4 is 0 Å². The molecule has 6 rings (SSSR count). The number of aryl methyl sites for hydroxylation is 2. The predicted molar refractivity (Wildman–Crippen MR) is 147 cm³/mol. The first kappa shape index (κ1) is 25.3. The number of hydrogen-bond donors (Lipinski definition) is 0. The summed E-state index contributed by atoms with van der Waals surface area (Å²) in [6.07, 6.45) is 3.95. The van der Waals surface area contributed by atoms with Crippen LogP contribution in [0.25, 0.3) is 44.4 Å². The van der Waals surface area contributed by atoms with E-state index in [1.165, 1.54) is 21.8 Å². The molecule has 0 spiro atoms. The first-order chi connectivity index (χ1) is 16.7. The molecule has 6 aromatic rings. The largest absolute Gasteiger partial charge is 3.00 e. The maximum atomic E-state index is 4.90. The molecule has 0 fully saturated rings. The summed E-state index contributed by atoms with van der Waals surface area (Å²) >= 11 is 7.29. The van der Waals surface area contributed by atoms with Crippen molar-refractivity contribution < 1.29 is 49.4 Å². The Morgan fingerprint density at radius 1 is 0.657 bits per heavy atom. The van der Waals surface area contributed by atoms with Gasteiger partial charge in [0.15, 0.2) is 5.82 Å². The molecule has 3 heterocycles. The van der Waals surface area contributed by atoms with E-state index in [1.807, 2.05) is 30.5 Å². The fourth-order valence-corrected chi connectivity index (χ4v) is 5.54. The molecule has 0 aliphatic heterocycles. The van der Waals surface area contributed by atoms with Crippen LogP contribution in [0.4, 0.5) is 0 Å². The van der Waals surface area contributed by atoms with E-state index in [-0.39, 0.29) is 49.4 Å². The minimum atomic E-state index is 0. The second-order valence-electron chi connectivity index (χ2n) is 8.47. The minimum Gasteiger partial charge on any atom is -0.340 e. The molecule has 4 nitrogen and oxygen atoms in total. The SMILES string of the molecule is Brc1ccc2c(c1)c1cc(Br)ccc1n2CCCCn1c(-c2ccccn2)nc2ccccc21.[Eu+3]. The molecule has 172 valence electrons. The number of pyridine rings is 1. The summed E-state index contributed by atoms with van der Waals surface area (Å²) in [5, 5.41) is 2.56. The Labute approximate surface area is 261 Å². The van der Waals surface area contributed by atoms with Gasteiger partial charge in [-0.05, 0) is 73.5 Å². The molecule has 0 N–H and O–H groups in total. The van der Waals surface area contributed by atoms with Gasteiger partial charge in [0.2, 0.25) is 0 Å². The molecular weight excluding hydrogens is 704 g/mol. The van der Waals surface area contributed by atoms with Gasteiger partial charge in [0, 0.05) is 50.0 Å². The third-order valence-corrected chi connectivity index (χ3v) is 7.34. The van der Waals surface area contributed by atoms with Crippen LogP contribution in [-0.4, -0.2) is 19.1 Å². The van der Waals surface area contributed by atoms with E-state index in [4.69, 9.17) is 4.98 Å². The number of benzene rings is 3. The van der Waals surface area contributed by atoms with Crippen LogP contribution in [0.1, 0.15) is 12.8 Å². The van der Waals surface area contributed by atoms with Crippen LogP contribution in [0.15, 0.2) is 94.0 Å².